The summed E-state index contributed by atoms with van der Waals surface area (Å²) < 4.78 is 4.95. The maximum atomic E-state index is 13.1. The summed E-state index contributed by atoms with van der Waals surface area (Å²) in [4.78, 5) is 30.8. The highest BCUT2D eigenvalue weighted by molar-refractivity contribution is 5.99. The highest BCUT2D eigenvalue weighted by atomic mass is 16.5. The van der Waals surface area contributed by atoms with Crippen LogP contribution in [0.3, 0.4) is 0 Å². The Bertz CT molecular complexity index is 708. The van der Waals surface area contributed by atoms with Crippen molar-refractivity contribution in [1.82, 2.24) is 9.80 Å². The number of aliphatic hydroxyl groups is 1. The normalized spacial score (nSPS) is 25.1. The average molecular weight is 375 g/mol. The molecule has 2 amide bonds. The number of carbonyl (C=O) groups excluding carboxylic acids is 2. The molecule has 2 heterocycles. The molecule has 0 bridgehead atoms. The van der Waals surface area contributed by atoms with E-state index in [2.05, 4.69) is 0 Å². The monoisotopic (exact) mass is 375 g/mol. The number of fused-ring (bicyclic) bond motifs is 1. The molecule has 0 aliphatic carbocycles. The van der Waals surface area contributed by atoms with Gasteiger partial charge >= 0.3 is 0 Å². The first-order chi connectivity index (χ1) is 12.9. The predicted octanol–water partition coefficient (Wildman–Crippen LogP) is 0.824. The second-order valence-electron chi connectivity index (χ2n) is 7.74. The lowest BCUT2D eigenvalue weighted by Gasteiger charge is -2.50. The number of likely N-dealkylation sites (tertiary alicyclic amines) is 2. The van der Waals surface area contributed by atoms with E-state index in [9.17, 15) is 14.7 Å². The summed E-state index contributed by atoms with van der Waals surface area (Å²) in [5.41, 5.74) is 0.738. The third kappa shape index (κ3) is 3.94. The van der Waals surface area contributed by atoms with Crippen LogP contribution in [0, 0.1) is 5.92 Å². The molecule has 2 aliphatic rings. The van der Waals surface area contributed by atoms with Crippen LogP contribution in [-0.2, 0) is 9.53 Å². The molecular weight excluding hydrogens is 346 g/mol. The van der Waals surface area contributed by atoms with Gasteiger partial charge in [-0.05, 0) is 25.0 Å². The number of benzene rings is 1. The van der Waals surface area contributed by atoms with E-state index < -0.39 is 5.60 Å². The summed E-state index contributed by atoms with van der Waals surface area (Å²) >= 11 is 0. The Kier molecular flexibility index (Phi) is 5.72. The summed E-state index contributed by atoms with van der Waals surface area (Å²) in [6.07, 6.45) is 1.09. The molecule has 1 aromatic carbocycles. The van der Waals surface area contributed by atoms with Gasteiger partial charge in [0.05, 0.1) is 11.2 Å². The van der Waals surface area contributed by atoms with Gasteiger partial charge in [-0.25, -0.2) is 0 Å². The largest absolute Gasteiger partial charge is 0.389 e. The minimum atomic E-state index is -0.804. The van der Waals surface area contributed by atoms with Crippen LogP contribution < -0.4 is 4.90 Å². The number of hydrogen-bond acceptors (Lipinski definition) is 5. The van der Waals surface area contributed by atoms with Crippen LogP contribution in [0.15, 0.2) is 24.3 Å². The Balaban J connectivity index is 1.75. The highest BCUT2D eigenvalue weighted by Gasteiger charge is 2.46. The Morgan fingerprint density at radius 1 is 1.19 bits per heavy atom. The maximum absolute atomic E-state index is 13.1. The van der Waals surface area contributed by atoms with Crippen molar-refractivity contribution in [2.75, 3.05) is 58.9 Å². The molecule has 3 rings (SSSR count). The van der Waals surface area contributed by atoms with Gasteiger partial charge in [0.2, 0.25) is 5.91 Å². The number of amides is 2. The Labute approximate surface area is 160 Å². The molecule has 7 nitrogen and oxygen atoms in total. The van der Waals surface area contributed by atoms with E-state index in [1.54, 1.807) is 4.90 Å². The molecule has 0 aromatic heterocycles. The zero-order valence-corrected chi connectivity index (χ0v) is 16.4. The number of ether oxygens (including phenoxy) is 1. The van der Waals surface area contributed by atoms with E-state index in [0.29, 0.717) is 44.6 Å². The van der Waals surface area contributed by atoms with Gasteiger partial charge in [0, 0.05) is 59.0 Å². The molecule has 2 saturated heterocycles. The fourth-order valence-electron chi connectivity index (χ4n) is 4.14. The fraction of sp³-hybridized carbons (Fsp3) is 0.600. The van der Waals surface area contributed by atoms with E-state index in [1.807, 2.05) is 48.2 Å². The quantitative estimate of drug-likeness (QED) is 0.844. The first kappa shape index (κ1) is 19.6. The third-order valence-electron chi connectivity index (χ3n) is 5.79. The van der Waals surface area contributed by atoms with E-state index in [0.717, 1.165) is 5.69 Å². The molecule has 27 heavy (non-hydrogen) atoms. The summed E-state index contributed by atoms with van der Waals surface area (Å²) in [7, 11) is 5.34. The van der Waals surface area contributed by atoms with Crippen LogP contribution in [0.1, 0.15) is 23.2 Å². The summed E-state index contributed by atoms with van der Waals surface area (Å²) in [5, 5.41) is 11.0. The molecule has 1 aromatic rings. The Hall–Kier alpha value is -2.12. The van der Waals surface area contributed by atoms with Gasteiger partial charge in [-0.1, -0.05) is 12.1 Å². The molecule has 0 radical (unpaired) electrons. The smallest absolute Gasteiger partial charge is 0.255 e. The first-order valence-electron chi connectivity index (χ1n) is 9.40. The maximum Gasteiger partial charge on any atom is 0.255 e. The predicted molar refractivity (Wildman–Crippen MR) is 103 cm³/mol. The summed E-state index contributed by atoms with van der Waals surface area (Å²) in [6.45, 7) is 2.02. The lowest BCUT2D eigenvalue weighted by atomic mass is 9.75. The van der Waals surface area contributed by atoms with Crippen molar-refractivity contribution in [1.29, 1.82) is 0 Å². The number of carbonyl (C=O) groups is 2. The molecule has 0 unspecified atom stereocenters. The van der Waals surface area contributed by atoms with E-state index in [-0.39, 0.29) is 24.3 Å². The number of nitrogens with zero attached hydrogens (tertiary/aromatic N) is 3. The summed E-state index contributed by atoms with van der Waals surface area (Å²) in [6, 6.07) is 7.56. The fourth-order valence-corrected chi connectivity index (χ4v) is 4.14. The molecule has 2 fully saturated rings. The van der Waals surface area contributed by atoms with Crippen LogP contribution >= 0.6 is 0 Å². The van der Waals surface area contributed by atoms with E-state index >= 15 is 0 Å². The van der Waals surface area contributed by atoms with Crippen LogP contribution in [0.2, 0.25) is 0 Å². The highest BCUT2D eigenvalue weighted by Crippen LogP contribution is 2.36. The summed E-state index contributed by atoms with van der Waals surface area (Å²) in [5.74, 6) is -0.237. The molecule has 0 spiro atoms. The molecule has 0 saturated carbocycles. The average Bonchev–Trinajstić information content (AvgIpc) is 2.66. The zero-order chi connectivity index (χ0) is 19.6. The third-order valence-corrected chi connectivity index (χ3v) is 5.79. The van der Waals surface area contributed by atoms with Crippen molar-refractivity contribution in [2.45, 2.75) is 18.4 Å². The minimum Gasteiger partial charge on any atom is -0.389 e. The minimum absolute atomic E-state index is 0.0262. The van der Waals surface area contributed by atoms with Gasteiger partial charge < -0.3 is 24.5 Å². The molecular formula is C20H29N3O4. The van der Waals surface area contributed by atoms with Crippen molar-refractivity contribution < 1.29 is 19.4 Å². The zero-order valence-electron chi connectivity index (χ0n) is 16.4. The van der Waals surface area contributed by atoms with Gasteiger partial charge in [0.25, 0.3) is 5.91 Å². The van der Waals surface area contributed by atoms with Crippen molar-refractivity contribution in [2.24, 2.45) is 5.92 Å². The van der Waals surface area contributed by atoms with Crippen molar-refractivity contribution in [3.63, 3.8) is 0 Å². The number of para-hydroxylation sites is 1. The van der Waals surface area contributed by atoms with Crippen LogP contribution in [0.25, 0.3) is 0 Å². The Morgan fingerprint density at radius 3 is 2.48 bits per heavy atom. The SMILES string of the molecule is COCC(=O)N1CC[C@]2(O)CCN(C(=O)c3ccccc3N(C)C)C[C@@H]2C1. The van der Waals surface area contributed by atoms with Gasteiger partial charge in [0.1, 0.15) is 6.61 Å². The number of rotatable bonds is 4. The van der Waals surface area contributed by atoms with Gasteiger partial charge in [0.15, 0.2) is 0 Å². The van der Waals surface area contributed by atoms with Crippen LogP contribution in [0.4, 0.5) is 5.69 Å². The molecule has 2 aliphatic heterocycles. The molecule has 1 N–H and O–H groups in total. The van der Waals surface area contributed by atoms with Crippen molar-refractivity contribution >= 4 is 17.5 Å². The second-order valence-corrected chi connectivity index (χ2v) is 7.74. The van der Waals surface area contributed by atoms with Crippen LogP contribution in [-0.4, -0.2) is 86.3 Å². The van der Waals surface area contributed by atoms with Gasteiger partial charge in [-0.2, -0.15) is 0 Å². The lowest BCUT2D eigenvalue weighted by molar-refractivity contribution is -0.148. The molecule has 2 atom stereocenters. The van der Waals surface area contributed by atoms with Crippen molar-refractivity contribution in [3.05, 3.63) is 29.8 Å². The van der Waals surface area contributed by atoms with Gasteiger partial charge in [-0.3, -0.25) is 9.59 Å². The number of anilines is 1. The topological polar surface area (TPSA) is 73.3 Å². The molecule has 7 heteroatoms. The van der Waals surface area contributed by atoms with Crippen LogP contribution in [0.5, 0.6) is 0 Å². The Morgan fingerprint density at radius 2 is 1.81 bits per heavy atom. The van der Waals surface area contributed by atoms with E-state index in [1.165, 1.54) is 7.11 Å². The van der Waals surface area contributed by atoms with E-state index in [4.69, 9.17) is 4.74 Å². The molecule has 148 valence electrons. The number of methoxy groups -OCH3 is 1. The first-order valence-corrected chi connectivity index (χ1v) is 9.40. The number of piperidine rings is 2. The number of hydrogen-bond donors (Lipinski definition) is 1. The standard InChI is InChI=1S/C20H29N3O4/c1-21(2)17-7-5-4-6-16(17)19(25)23-11-9-20(26)8-10-22(12-15(20)13-23)18(24)14-27-3/h4-7,15,26H,8-14H2,1-3H3/t15-,20-/m0/s1. The lowest BCUT2D eigenvalue weighted by Crippen LogP contribution is -2.61. The van der Waals surface area contributed by atoms with Crippen molar-refractivity contribution in [3.8, 4) is 0 Å². The van der Waals surface area contributed by atoms with Gasteiger partial charge in [-0.15, -0.1) is 0 Å². The second kappa shape index (κ2) is 7.86.